The summed E-state index contributed by atoms with van der Waals surface area (Å²) in [5.41, 5.74) is 1.70. The fraction of sp³-hybridized carbons (Fsp3) is 0.588. The molecule has 1 unspecified atom stereocenters. The summed E-state index contributed by atoms with van der Waals surface area (Å²) in [6.45, 7) is 5.16. The summed E-state index contributed by atoms with van der Waals surface area (Å²) in [6, 6.07) is 8.09. The molecule has 0 saturated heterocycles. The van der Waals surface area contributed by atoms with Gasteiger partial charge in [0.05, 0.1) is 5.56 Å². The number of amides is 1. The third-order valence-electron chi connectivity index (χ3n) is 3.88. The summed E-state index contributed by atoms with van der Waals surface area (Å²) in [5, 5.41) is 6.52. The molecule has 1 fully saturated rings. The van der Waals surface area contributed by atoms with Gasteiger partial charge < -0.3 is 10.6 Å². The highest BCUT2D eigenvalue weighted by molar-refractivity contribution is 5.99. The molecule has 3 nitrogen and oxygen atoms in total. The van der Waals surface area contributed by atoms with Crippen LogP contribution in [0.1, 0.15) is 56.3 Å². The number of rotatable bonds is 8. The molecule has 1 aliphatic carbocycles. The molecule has 0 spiro atoms. The van der Waals surface area contributed by atoms with Gasteiger partial charge >= 0.3 is 0 Å². The summed E-state index contributed by atoms with van der Waals surface area (Å²) in [5.74, 6) is 0.894. The van der Waals surface area contributed by atoms with E-state index >= 15 is 0 Å². The van der Waals surface area contributed by atoms with E-state index in [1.165, 1.54) is 12.8 Å². The summed E-state index contributed by atoms with van der Waals surface area (Å²) in [6.07, 6.45) is 5.86. The molecule has 0 bridgehead atoms. The van der Waals surface area contributed by atoms with Crippen molar-refractivity contribution < 1.29 is 4.79 Å². The van der Waals surface area contributed by atoms with Crippen LogP contribution in [0.3, 0.4) is 0 Å². The number of carbonyl (C=O) groups excluding carboxylic acids is 1. The lowest BCUT2D eigenvalue weighted by Gasteiger charge is -2.18. The van der Waals surface area contributed by atoms with Crippen molar-refractivity contribution in [3.8, 4) is 0 Å². The molecule has 2 rings (SSSR count). The number of hydrogen-bond acceptors (Lipinski definition) is 2. The topological polar surface area (TPSA) is 41.1 Å². The molecule has 0 radical (unpaired) electrons. The van der Waals surface area contributed by atoms with Gasteiger partial charge in [0.15, 0.2) is 0 Å². The molecule has 1 aliphatic rings. The van der Waals surface area contributed by atoms with Gasteiger partial charge in [-0.05, 0) is 37.3 Å². The van der Waals surface area contributed by atoms with Gasteiger partial charge in [0.1, 0.15) is 0 Å². The minimum absolute atomic E-state index is 0.0525. The number of benzene rings is 1. The molecule has 1 aromatic carbocycles. The number of nitrogens with one attached hydrogen (secondary N) is 2. The van der Waals surface area contributed by atoms with Crippen molar-refractivity contribution in [1.82, 2.24) is 5.32 Å². The second-order valence-electron chi connectivity index (χ2n) is 5.73. The van der Waals surface area contributed by atoms with Crippen LogP contribution in [0.4, 0.5) is 5.69 Å². The zero-order valence-corrected chi connectivity index (χ0v) is 12.6. The fourth-order valence-corrected chi connectivity index (χ4v) is 2.44. The lowest BCUT2D eigenvalue weighted by Crippen LogP contribution is -2.35. The Hall–Kier alpha value is -1.51. The Morgan fingerprint density at radius 2 is 2.05 bits per heavy atom. The molecule has 1 saturated carbocycles. The highest BCUT2D eigenvalue weighted by Crippen LogP contribution is 2.34. The van der Waals surface area contributed by atoms with Gasteiger partial charge in [-0.2, -0.15) is 0 Å². The van der Waals surface area contributed by atoms with Crippen LogP contribution in [-0.4, -0.2) is 18.5 Å². The van der Waals surface area contributed by atoms with E-state index in [0.717, 1.165) is 43.0 Å². The van der Waals surface area contributed by atoms with E-state index in [1.807, 2.05) is 24.3 Å². The van der Waals surface area contributed by atoms with E-state index in [4.69, 9.17) is 0 Å². The molecular weight excluding hydrogens is 248 g/mol. The monoisotopic (exact) mass is 274 g/mol. The Morgan fingerprint density at radius 3 is 2.70 bits per heavy atom. The van der Waals surface area contributed by atoms with Crippen molar-refractivity contribution in [2.24, 2.45) is 5.92 Å². The fourth-order valence-electron chi connectivity index (χ4n) is 2.44. The first-order valence-electron chi connectivity index (χ1n) is 7.88. The molecule has 110 valence electrons. The standard InChI is InChI=1S/C17H26N2O/c1-3-11-18-16-8-6-5-7-15(16)17(20)19-14(4-2)12-13-9-10-13/h5-8,13-14,18H,3-4,9-12H2,1-2H3,(H,19,20). The van der Waals surface area contributed by atoms with Crippen LogP contribution < -0.4 is 10.6 Å². The van der Waals surface area contributed by atoms with E-state index in [2.05, 4.69) is 24.5 Å². The minimum atomic E-state index is 0.0525. The number of para-hydroxylation sites is 1. The maximum Gasteiger partial charge on any atom is 0.253 e. The van der Waals surface area contributed by atoms with Crippen LogP contribution in [0.25, 0.3) is 0 Å². The minimum Gasteiger partial charge on any atom is -0.384 e. The predicted octanol–water partition coefficient (Wildman–Crippen LogP) is 3.82. The average Bonchev–Trinajstić information content (AvgIpc) is 3.28. The van der Waals surface area contributed by atoms with Gasteiger partial charge in [0, 0.05) is 18.3 Å². The SMILES string of the molecule is CCCNc1ccccc1C(=O)NC(CC)CC1CC1. The second kappa shape index (κ2) is 7.32. The molecule has 3 heteroatoms. The zero-order valence-electron chi connectivity index (χ0n) is 12.6. The normalized spacial score (nSPS) is 15.7. The Bertz CT molecular complexity index is 440. The van der Waals surface area contributed by atoms with Crippen molar-refractivity contribution in [2.75, 3.05) is 11.9 Å². The lowest BCUT2D eigenvalue weighted by atomic mass is 10.1. The van der Waals surface area contributed by atoms with E-state index < -0.39 is 0 Å². The van der Waals surface area contributed by atoms with E-state index in [0.29, 0.717) is 6.04 Å². The molecular formula is C17H26N2O. The van der Waals surface area contributed by atoms with Gasteiger partial charge in [-0.1, -0.05) is 38.8 Å². The smallest absolute Gasteiger partial charge is 0.253 e. The highest BCUT2D eigenvalue weighted by atomic mass is 16.1. The molecule has 1 aromatic rings. The molecule has 0 heterocycles. The molecule has 1 amide bonds. The van der Waals surface area contributed by atoms with Crippen LogP contribution >= 0.6 is 0 Å². The van der Waals surface area contributed by atoms with Gasteiger partial charge in [-0.25, -0.2) is 0 Å². The maximum atomic E-state index is 12.4. The summed E-state index contributed by atoms with van der Waals surface area (Å²) >= 11 is 0. The van der Waals surface area contributed by atoms with Gasteiger partial charge in [0.25, 0.3) is 5.91 Å². The molecule has 2 N–H and O–H groups in total. The summed E-state index contributed by atoms with van der Waals surface area (Å²) in [7, 11) is 0. The highest BCUT2D eigenvalue weighted by Gasteiger charge is 2.26. The Labute approximate surface area is 122 Å². The number of carbonyl (C=O) groups is 1. The lowest BCUT2D eigenvalue weighted by molar-refractivity contribution is 0.0933. The van der Waals surface area contributed by atoms with E-state index in [-0.39, 0.29) is 5.91 Å². The Morgan fingerprint density at radius 1 is 1.30 bits per heavy atom. The predicted molar refractivity (Wildman–Crippen MR) is 84.1 cm³/mol. The largest absolute Gasteiger partial charge is 0.384 e. The van der Waals surface area contributed by atoms with E-state index in [9.17, 15) is 4.79 Å². The molecule has 20 heavy (non-hydrogen) atoms. The second-order valence-corrected chi connectivity index (χ2v) is 5.73. The van der Waals surface area contributed by atoms with Crippen LogP contribution in [0.2, 0.25) is 0 Å². The zero-order chi connectivity index (χ0) is 14.4. The van der Waals surface area contributed by atoms with Crippen LogP contribution in [0, 0.1) is 5.92 Å². The van der Waals surface area contributed by atoms with Crippen molar-refractivity contribution in [2.45, 2.75) is 52.0 Å². The number of anilines is 1. The van der Waals surface area contributed by atoms with Crippen LogP contribution in [0.15, 0.2) is 24.3 Å². The Balaban J connectivity index is 1.99. The van der Waals surface area contributed by atoms with Crippen molar-refractivity contribution >= 4 is 11.6 Å². The molecule has 0 aliphatic heterocycles. The quantitative estimate of drug-likeness (QED) is 0.756. The summed E-state index contributed by atoms with van der Waals surface area (Å²) in [4.78, 5) is 12.4. The third kappa shape index (κ3) is 4.26. The van der Waals surface area contributed by atoms with Crippen LogP contribution in [-0.2, 0) is 0 Å². The Kier molecular flexibility index (Phi) is 5.45. The molecule has 0 aromatic heterocycles. The first-order chi connectivity index (χ1) is 9.74. The van der Waals surface area contributed by atoms with E-state index in [1.54, 1.807) is 0 Å². The maximum absolute atomic E-state index is 12.4. The van der Waals surface area contributed by atoms with Gasteiger partial charge in [-0.15, -0.1) is 0 Å². The average molecular weight is 274 g/mol. The summed E-state index contributed by atoms with van der Waals surface area (Å²) < 4.78 is 0. The van der Waals surface area contributed by atoms with Crippen molar-refractivity contribution in [3.63, 3.8) is 0 Å². The third-order valence-corrected chi connectivity index (χ3v) is 3.88. The number of hydrogen-bond donors (Lipinski definition) is 2. The molecule has 1 atom stereocenters. The van der Waals surface area contributed by atoms with Crippen LogP contribution in [0.5, 0.6) is 0 Å². The first kappa shape index (κ1) is 14.9. The van der Waals surface area contributed by atoms with Crippen molar-refractivity contribution in [3.05, 3.63) is 29.8 Å². The van der Waals surface area contributed by atoms with Gasteiger partial charge in [0.2, 0.25) is 0 Å². The first-order valence-corrected chi connectivity index (χ1v) is 7.88. The van der Waals surface area contributed by atoms with Gasteiger partial charge in [-0.3, -0.25) is 4.79 Å². The van der Waals surface area contributed by atoms with Crippen molar-refractivity contribution in [1.29, 1.82) is 0 Å².